The minimum Gasteiger partial charge on any atom is -0.399 e. The number of amides is 1. The molecule has 2 rings (SSSR count). The van der Waals surface area contributed by atoms with Gasteiger partial charge in [0.1, 0.15) is 0 Å². The minimum absolute atomic E-state index is 0.161. The number of nitrogens with one attached hydrogen (secondary N) is 1. The highest BCUT2D eigenvalue weighted by molar-refractivity contribution is 7.18. The maximum absolute atomic E-state index is 11.8. The van der Waals surface area contributed by atoms with E-state index in [2.05, 4.69) is 5.32 Å². The van der Waals surface area contributed by atoms with E-state index in [1.54, 1.807) is 24.3 Å². The van der Waals surface area contributed by atoms with Crippen LogP contribution in [0.2, 0.25) is 4.34 Å². The fourth-order valence-corrected chi connectivity index (χ4v) is 2.32. The highest BCUT2D eigenvalue weighted by Gasteiger charge is 2.09. The van der Waals surface area contributed by atoms with Gasteiger partial charge in [-0.1, -0.05) is 11.6 Å². The molecule has 1 amide bonds. The van der Waals surface area contributed by atoms with Crippen LogP contribution in [0.5, 0.6) is 0 Å². The fourth-order valence-electron chi connectivity index (χ4n) is 1.38. The summed E-state index contributed by atoms with van der Waals surface area (Å²) in [7, 11) is 0. The van der Waals surface area contributed by atoms with Crippen LogP contribution >= 0.6 is 22.9 Å². The van der Waals surface area contributed by atoms with Gasteiger partial charge >= 0.3 is 0 Å². The topological polar surface area (TPSA) is 55.1 Å². The van der Waals surface area contributed by atoms with Crippen molar-refractivity contribution in [2.75, 3.05) is 11.1 Å². The van der Waals surface area contributed by atoms with Crippen molar-refractivity contribution in [3.8, 4) is 0 Å². The number of rotatable bonds is 2. The first kappa shape index (κ1) is 12.0. The second kappa shape index (κ2) is 4.77. The SMILES string of the molecule is Cc1cc(NC(=O)c2ccc(Cl)s2)ccc1N. The first-order valence-electron chi connectivity index (χ1n) is 4.99. The van der Waals surface area contributed by atoms with Crippen LogP contribution in [0.3, 0.4) is 0 Å². The Morgan fingerprint density at radius 3 is 2.71 bits per heavy atom. The highest BCUT2D eigenvalue weighted by atomic mass is 35.5. The zero-order valence-corrected chi connectivity index (χ0v) is 10.7. The van der Waals surface area contributed by atoms with Crippen molar-refractivity contribution in [2.24, 2.45) is 0 Å². The minimum atomic E-state index is -0.161. The Morgan fingerprint density at radius 2 is 2.12 bits per heavy atom. The number of hydrogen-bond acceptors (Lipinski definition) is 3. The first-order valence-corrected chi connectivity index (χ1v) is 6.18. The third-order valence-electron chi connectivity index (χ3n) is 2.32. The Balaban J connectivity index is 2.15. The van der Waals surface area contributed by atoms with E-state index in [9.17, 15) is 4.79 Å². The Labute approximate surface area is 108 Å². The Morgan fingerprint density at radius 1 is 1.35 bits per heavy atom. The van der Waals surface area contributed by atoms with Gasteiger partial charge in [-0.05, 0) is 42.8 Å². The summed E-state index contributed by atoms with van der Waals surface area (Å²) in [5.74, 6) is -0.161. The van der Waals surface area contributed by atoms with Gasteiger partial charge < -0.3 is 11.1 Å². The molecule has 0 atom stereocenters. The van der Waals surface area contributed by atoms with Gasteiger partial charge in [-0.3, -0.25) is 4.79 Å². The van der Waals surface area contributed by atoms with Crippen molar-refractivity contribution in [1.82, 2.24) is 0 Å². The monoisotopic (exact) mass is 266 g/mol. The van der Waals surface area contributed by atoms with Crippen molar-refractivity contribution >= 4 is 40.2 Å². The number of nitrogen functional groups attached to an aromatic ring is 1. The van der Waals surface area contributed by atoms with Crippen molar-refractivity contribution < 1.29 is 4.79 Å². The molecule has 0 saturated heterocycles. The molecule has 0 unspecified atom stereocenters. The maximum atomic E-state index is 11.8. The molecule has 5 heteroatoms. The van der Waals surface area contributed by atoms with Gasteiger partial charge in [0.05, 0.1) is 9.21 Å². The number of nitrogens with two attached hydrogens (primary N) is 1. The van der Waals surface area contributed by atoms with Gasteiger partial charge in [0.2, 0.25) is 0 Å². The number of carbonyl (C=O) groups excluding carboxylic acids is 1. The number of anilines is 2. The molecule has 0 bridgehead atoms. The molecular formula is C12H11ClN2OS. The molecule has 3 nitrogen and oxygen atoms in total. The normalized spacial score (nSPS) is 10.2. The summed E-state index contributed by atoms with van der Waals surface area (Å²) in [4.78, 5) is 12.4. The van der Waals surface area contributed by atoms with Crippen molar-refractivity contribution in [3.05, 3.63) is 45.1 Å². The number of carbonyl (C=O) groups is 1. The van der Waals surface area contributed by atoms with Crippen molar-refractivity contribution in [1.29, 1.82) is 0 Å². The lowest BCUT2D eigenvalue weighted by Crippen LogP contribution is -2.10. The predicted molar refractivity (Wildman–Crippen MR) is 72.9 cm³/mol. The van der Waals surface area contributed by atoms with E-state index in [0.29, 0.717) is 14.9 Å². The molecule has 1 aromatic heterocycles. The third kappa shape index (κ3) is 2.78. The van der Waals surface area contributed by atoms with Gasteiger partial charge in [-0.2, -0.15) is 0 Å². The second-order valence-corrected chi connectivity index (χ2v) is 5.34. The van der Waals surface area contributed by atoms with Crippen LogP contribution in [0.4, 0.5) is 11.4 Å². The summed E-state index contributed by atoms with van der Waals surface area (Å²) < 4.78 is 0.601. The summed E-state index contributed by atoms with van der Waals surface area (Å²) in [5.41, 5.74) is 8.08. The number of benzene rings is 1. The second-order valence-electron chi connectivity index (χ2n) is 3.63. The predicted octanol–water partition coefficient (Wildman–Crippen LogP) is 3.54. The molecule has 1 heterocycles. The molecule has 0 aliphatic heterocycles. The molecular weight excluding hydrogens is 256 g/mol. The number of aryl methyl sites for hydroxylation is 1. The quantitative estimate of drug-likeness (QED) is 0.817. The van der Waals surface area contributed by atoms with E-state index in [-0.39, 0.29) is 5.91 Å². The van der Waals surface area contributed by atoms with Crippen molar-refractivity contribution in [2.45, 2.75) is 6.92 Å². The average Bonchev–Trinajstić information content (AvgIpc) is 2.70. The lowest BCUT2D eigenvalue weighted by Gasteiger charge is -2.06. The Bertz CT molecular complexity index is 565. The molecule has 2 aromatic rings. The van der Waals surface area contributed by atoms with E-state index in [1.807, 2.05) is 13.0 Å². The van der Waals surface area contributed by atoms with Gasteiger partial charge in [-0.15, -0.1) is 11.3 Å². The smallest absolute Gasteiger partial charge is 0.265 e. The van der Waals surface area contributed by atoms with Gasteiger partial charge in [0.15, 0.2) is 0 Å². The van der Waals surface area contributed by atoms with E-state index in [0.717, 1.165) is 11.3 Å². The highest BCUT2D eigenvalue weighted by Crippen LogP contribution is 2.23. The van der Waals surface area contributed by atoms with E-state index in [1.165, 1.54) is 11.3 Å². The third-order valence-corrected chi connectivity index (χ3v) is 3.55. The summed E-state index contributed by atoms with van der Waals surface area (Å²) >= 11 is 7.03. The lowest BCUT2D eigenvalue weighted by atomic mass is 10.2. The lowest BCUT2D eigenvalue weighted by molar-refractivity contribution is 0.103. The summed E-state index contributed by atoms with van der Waals surface area (Å²) in [5, 5.41) is 2.80. The molecule has 88 valence electrons. The van der Waals surface area contributed by atoms with Crippen LogP contribution in [0, 0.1) is 6.92 Å². The van der Waals surface area contributed by atoms with Crippen LogP contribution in [-0.2, 0) is 0 Å². The number of halogens is 1. The molecule has 0 radical (unpaired) electrons. The van der Waals surface area contributed by atoms with Crippen LogP contribution in [0.15, 0.2) is 30.3 Å². The average molecular weight is 267 g/mol. The Kier molecular flexibility index (Phi) is 3.36. The van der Waals surface area contributed by atoms with Gasteiger partial charge in [-0.25, -0.2) is 0 Å². The molecule has 0 fully saturated rings. The molecule has 0 saturated carbocycles. The van der Waals surface area contributed by atoms with Crippen molar-refractivity contribution in [3.63, 3.8) is 0 Å². The molecule has 1 aromatic carbocycles. The van der Waals surface area contributed by atoms with E-state index in [4.69, 9.17) is 17.3 Å². The molecule has 3 N–H and O–H groups in total. The first-order chi connectivity index (χ1) is 8.06. The van der Waals surface area contributed by atoms with Crippen LogP contribution in [-0.4, -0.2) is 5.91 Å². The fraction of sp³-hybridized carbons (Fsp3) is 0.0833. The molecule has 0 aliphatic carbocycles. The summed E-state index contributed by atoms with van der Waals surface area (Å²) in [6, 6.07) is 8.78. The summed E-state index contributed by atoms with van der Waals surface area (Å²) in [6.45, 7) is 1.90. The van der Waals surface area contributed by atoms with Gasteiger partial charge in [0, 0.05) is 11.4 Å². The van der Waals surface area contributed by atoms with Crippen LogP contribution in [0.1, 0.15) is 15.2 Å². The van der Waals surface area contributed by atoms with Crippen LogP contribution < -0.4 is 11.1 Å². The Hall–Kier alpha value is -1.52. The zero-order valence-electron chi connectivity index (χ0n) is 9.16. The van der Waals surface area contributed by atoms with Crippen LogP contribution in [0.25, 0.3) is 0 Å². The van der Waals surface area contributed by atoms with E-state index >= 15 is 0 Å². The standard InChI is InChI=1S/C12H11ClN2OS/c1-7-6-8(2-3-9(7)14)15-12(16)10-4-5-11(13)17-10/h2-6H,14H2,1H3,(H,15,16). The molecule has 17 heavy (non-hydrogen) atoms. The maximum Gasteiger partial charge on any atom is 0.265 e. The summed E-state index contributed by atoms with van der Waals surface area (Å²) in [6.07, 6.45) is 0. The van der Waals surface area contributed by atoms with E-state index < -0.39 is 0 Å². The van der Waals surface area contributed by atoms with Gasteiger partial charge in [0.25, 0.3) is 5.91 Å². The molecule has 0 spiro atoms. The number of hydrogen-bond donors (Lipinski definition) is 2. The molecule has 0 aliphatic rings. The number of thiophene rings is 1. The zero-order chi connectivity index (χ0) is 12.4. The largest absolute Gasteiger partial charge is 0.399 e.